The Balaban J connectivity index is 1.57. The number of sulfonamides is 1. The van der Waals surface area contributed by atoms with Crippen LogP contribution in [0, 0.1) is 0 Å². The minimum atomic E-state index is -3.50. The molecule has 156 valence electrons. The average molecular weight is 418 g/mol. The highest BCUT2D eigenvalue weighted by Crippen LogP contribution is 2.35. The summed E-state index contributed by atoms with van der Waals surface area (Å²) in [7, 11) is -1.50. The average Bonchev–Trinajstić information content (AvgIpc) is 2.76. The van der Waals surface area contributed by atoms with Crippen molar-refractivity contribution in [3.05, 3.63) is 54.6 Å². The highest BCUT2D eigenvalue weighted by atomic mass is 32.2. The molecular formula is C21H27N3O4S. The van der Waals surface area contributed by atoms with Gasteiger partial charge in [0.15, 0.2) is 6.10 Å². The molecule has 3 rings (SSSR count). The highest BCUT2D eigenvalue weighted by molar-refractivity contribution is 7.92. The van der Waals surface area contributed by atoms with E-state index in [9.17, 15) is 13.2 Å². The number of nitrogens with one attached hydrogen (secondary N) is 1. The van der Waals surface area contributed by atoms with Crippen LogP contribution in [-0.4, -0.2) is 52.9 Å². The molecule has 2 aromatic carbocycles. The van der Waals surface area contributed by atoms with Gasteiger partial charge in [-0.25, -0.2) is 8.42 Å². The van der Waals surface area contributed by atoms with Gasteiger partial charge in [0.1, 0.15) is 5.75 Å². The number of para-hydroxylation sites is 3. The molecule has 1 atom stereocenters. The first kappa shape index (κ1) is 21.0. The predicted molar refractivity (Wildman–Crippen MR) is 115 cm³/mol. The smallest absolute Gasteiger partial charge is 0.263 e. The Morgan fingerprint density at radius 1 is 1.17 bits per heavy atom. The third-order valence-corrected chi connectivity index (χ3v) is 6.64. The number of rotatable bonds is 8. The summed E-state index contributed by atoms with van der Waals surface area (Å²) in [6.45, 7) is 2.84. The van der Waals surface area contributed by atoms with Crippen molar-refractivity contribution in [3.63, 3.8) is 0 Å². The van der Waals surface area contributed by atoms with Gasteiger partial charge in [-0.15, -0.1) is 0 Å². The fourth-order valence-corrected chi connectivity index (χ4v) is 4.34. The molecule has 1 aliphatic heterocycles. The van der Waals surface area contributed by atoms with Gasteiger partial charge in [-0.1, -0.05) is 30.3 Å². The van der Waals surface area contributed by atoms with Crippen LogP contribution < -0.4 is 19.3 Å². The molecule has 1 amide bonds. The summed E-state index contributed by atoms with van der Waals surface area (Å²) >= 11 is 0. The molecule has 1 aliphatic rings. The second kappa shape index (κ2) is 9.17. The second-order valence-electron chi connectivity index (χ2n) is 6.91. The van der Waals surface area contributed by atoms with Gasteiger partial charge >= 0.3 is 0 Å². The third-order valence-electron chi connectivity index (χ3n) is 4.89. The number of hydrogen-bond acceptors (Lipinski definition) is 5. The minimum Gasteiger partial charge on any atom is -0.476 e. The summed E-state index contributed by atoms with van der Waals surface area (Å²) in [5.41, 5.74) is 1.59. The van der Waals surface area contributed by atoms with Gasteiger partial charge in [0.2, 0.25) is 10.0 Å². The third kappa shape index (κ3) is 5.00. The van der Waals surface area contributed by atoms with Gasteiger partial charge in [-0.3, -0.25) is 9.10 Å². The molecule has 0 saturated carbocycles. The Morgan fingerprint density at radius 2 is 1.86 bits per heavy atom. The van der Waals surface area contributed by atoms with E-state index in [0.717, 1.165) is 18.7 Å². The Kier molecular flexibility index (Phi) is 6.64. The predicted octanol–water partition coefficient (Wildman–Crippen LogP) is 2.25. The summed E-state index contributed by atoms with van der Waals surface area (Å²) < 4.78 is 32.0. The van der Waals surface area contributed by atoms with Gasteiger partial charge in [0, 0.05) is 25.8 Å². The number of fused-ring (bicyclic) bond motifs is 1. The Bertz CT molecular complexity index is 934. The lowest BCUT2D eigenvalue weighted by molar-refractivity contribution is -0.127. The van der Waals surface area contributed by atoms with Crippen LogP contribution in [-0.2, 0) is 14.8 Å². The normalized spacial score (nSPS) is 15.9. The van der Waals surface area contributed by atoms with E-state index >= 15 is 0 Å². The zero-order valence-corrected chi connectivity index (χ0v) is 17.6. The van der Waals surface area contributed by atoms with Crippen molar-refractivity contribution in [1.29, 1.82) is 0 Å². The lowest BCUT2D eigenvalue weighted by atomic mass is 10.2. The van der Waals surface area contributed by atoms with Gasteiger partial charge in [0.25, 0.3) is 5.91 Å². The fourth-order valence-electron chi connectivity index (χ4n) is 3.21. The maximum Gasteiger partial charge on any atom is 0.263 e. The monoisotopic (exact) mass is 417 g/mol. The fraction of sp³-hybridized carbons (Fsp3) is 0.381. The number of nitrogens with zero attached hydrogens (tertiary/aromatic N) is 2. The van der Waals surface area contributed by atoms with E-state index in [2.05, 4.69) is 10.2 Å². The summed E-state index contributed by atoms with van der Waals surface area (Å²) in [6, 6.07) is 16.9. The molecule has 0 aliphatic carbocycles. The van der Waals surface area contributed by atoms with Gasteiger partial charge in [-0.2, -0.15) is 0 Å². The lowest BCUT2D eigenvalue weighted by Crippen LogP contribution is -2.51. The quantitative estimate of drug-likeness (QED) is 0.667. The molecule has 0 unspecified atom stereocenters. The Hall–Kier alpha value is -2.74. The van der Waals surface area contributed by atoms with Crippen molar-refractivity contribution in [3.8, 4) is 5.75 Å². The number of carbonyl (C=O) groups excluding carboxylic acids is 1. The maximum atomic E-state index is 12.6. The first-order valence-electron chi connectivity index (χ1n) is 9.72. The van der Waals surface area contributed by atoms with E-state index in [4.69, 9.17) is 4.74 Å². The van der Waals surface area contributed by atoms with Crippen molar-refractivity contribution in [1.82, 2.24) is 5.32 Å². The number of amides is 1. The summed E-state index contributed by atoms with van der Waals surface area (Å²) in [4.78, 5) is 14.7. The van der Waals surface area contributed by atoms with Crippen molar-refractivity contribution in [2.45, 2.75) is 19.4 Å². The molecule has 0 radical (unpaired) electrons. The van der Waals surface area contributed by atoms with Crippen molar-refractivity contribution >= 4 is 27.3 Å². The second-order valence-corrected chi connectivity index (χ2v) is 9.09. The van der Waals surface area contributed by atoms with Crippen molar-refractivity contribution in [2.24, 2.45) is 0 Å². The zero-order valence-electron chi connectivity index (χ0n) is 16.7. The molecule has 0 bridgehead atoms. The summed E-state index contributed by atoms with van der Waals surface area (Å²) in [5, 5.41) is 2.87. The number of benzene rings is 2. The van der Waals surface area contributed by atoms with Crippen LogP contribution in [0.5, 0.6) is 5.75 Å². The van der Waals surface area contributed by atoms with E-state index < -0.39 is 16.1 Å². The van der Waals surface area contributed by atoms with Crippen LogP contribution in [0.1, 0.15) is 13.3 Å². The van der Waals surface area contributed by atoms with Crippen LogP contribution >= 0.6 is 0 Å². The Labute approximate surface area is 172 Å². The number of hydrogen-bond donors (Lipinski definition) is 1. The highest BCUT2D eigenvalue weighted by Gasteiger charge is 2.35. The molecule has 0 saturated heterocycles. The maximum absolute atomic E-state index is 12.6. The van der Waals surface area contributed by atoms with Crippen molar-refractivity contribution in [2.75, 3.05) is 41.6 Å². The first-order chi connectivity index (χ1) is 13.9. The molecule has 0 aromatic heterocycles. The topological polar surface area (TPSA) is 79.0 Å². The minimum absolute atomic E-state index is 0.0249. The first-order valence-corrected chi connectivity index (χ1v) is 11.3. The molecule has 0 fully saturated rings. The number of ether oxygens (including phenoxy) is 1. The SMILES string of the molecule is CCS(=O)(=O)N1C[C@H](C(=O)NCCCN(C)c2ccccc2)Oc2ccccc21. The van der Waals surface area contributed by atoms with Crippen molar-refractivity contribution < 1.29 is 17.9 Å². The van der Waals surface area contributed by atoms with E-state index in [0.29, 0.717) is 18.0 Å². The summed E-state index contributed by atoms with van der Waals surface area (Å²) in [6.07, 6.45) is -0.115. The van der Waals surface area contributed by atoms with Gasteiger partial charge in [0.05, 0.1) is 18.0 Å². The molecule has 29 heavy (non-hydrogen) atoms. The molecular weight excluding hydrogens is 390 g/mol. The van der Waals surface area contributed by atoms with Gasteiger partial charge < -0.3 is 15.0 Å². The molecule has 7 nitrogen and oxygen atoms in total. The molecule has 1 heterocycles. The van der Waals surface area contributed by atoms with E-state index in [1.54, 1.807) is 31.2 Å². The lowest BCUT2D eigenvalue weighted by Gasteiger charge is -2.34. The standard InChI is InChI=1S/C21H27N3O4S/c1-3-29(26,27)24-16-20(28-19-13-8-7-12-18(19)24)21(25)22-14-9-15-23(2)17-10-5-4-6-11-17/h4-8,10-13,20H,3,9,14-16H2,1-2H3,(H,22,25)/t20-/m1/s1. The molecule has 0 spiro atoms. The number of carbonyl (C=O) groups is 1. The van der Waals surface area contributed by atoms with Crippen LogP contribution in [0.25, 0.3) is 0 Å². The van der Waals surface area contributed by atoms with Crippen LogP contribution in [0.3, 0.4) is 0 Å². The molecule has 1 N–H and O–H groups in total. The Morgan fingerprint density at radius 3 is 2.59 bits per heavy atom. The van der Waals surface area contributed by atoms with Crippen LogP contribution in [0.2, 0.25) is 0 Å². The molecule has 8 heteroatoms. The van der Waals surface area contributed by atoms with E-state index in [1.807, 2.05) is 37.4 Å². The zero-order chi connectivity index (χ0) is 20.9. The summed E-state index contributed by atoms with van der Waals surface area (Å²) in [5.74, 6) is 0.0551. The largest absolute Gasteiger partial charge is 0.476 e. The van der Waals surface area contributed by atoms with Crippen LogP contribution in [0.15, 0.2) is 54.6 Å². The van der Waals surface area contributed by atoms with Gasteiger partial charge in [-0.05, 0) is 37.6 Å². The van der Waals surface area contributed by atoms with E-state index in [1.165, 1.54) is 4.31 Å². The van der Waals surface area contributed by atoms with Crippen LogP contribution in [0.4, 0.5) is 11.4 Å². The van der Waals surface area contributed by atoms with E-state index in [-0.39, 0.29) is 18.2 Å². The number of anilines is 2. The molecule has 2 aromatic rings.